The zero-order valence-electron chi connectivity index (χ0n) is 15.4. The van der Waals surface area contributed by atoms with E-state index in [0.717, 1.165) is 13.1 Å². The highest BCUT2D eigenvalue weighted by molar-refractivity contribution is 5.97. The lowest BCUT2D eigenvalue weighted by Crippen LogP contribution is -2.46. The number of carbonyl (C=O) groups is 2. The number of nitrogens with one attached hydrogen (secondary N) is 1. The number of hydrogen-bond donors (Lipinski definition) is 1. The molecule has 0 radical (unpaired) electrons. The molecule has 1 unspecified atom stereocenters. The Morgan fingerprint density at radius 3 is 2.67 bits per heavy atom. The van der Waals surface area contributed by atoms with Gasteiger partial charge < -0.3 is 10.2 Å². The minimum atomic E-state index is -0.0716. The van der Waals surface area contributed by atoms with E-state index in [1.54, 1.807) is 32.3 Å². The Hall–Kier alpha value is -1.88. The third-order valence-electron chi connectivity index (χ3n) is 4.29. The van der Waals surface area contributed by atoms with Gasteiger partial charge in [0.1, 0.15) is 0 Å². The highest BCUT2D eigenvalue weighted by Crippen LogP contribution is 2.31. The van der Waals surface area contributed by atoms with Crippen LogP contribution in [0.5, 0.6) is 0 Å². The van der Waals surface area contributed by atoms with Gasteiger partial charge in [-0.2, -0.15) is 0 Å². The molecule has 132 valence electrons. The number of likely N-dealkylation sites (tertiary alicyclic amines) is 1. The predicted molar refractivity (Wildman–Crippen MR) is 97.1 cm³/mol. The maximum atomic E-state index is 12.4. The van der Waals surface area contributed by atoms with Crippen molar-refractivity contribution in [1.82, 2.24) is 9.80 Å². The summed E-state index contributed by atoms with van der Waals surface area (Å²) in [4.78, 5) is 28.1. The minimum Gasteiger partial charge on any atom is -0.345 e. The Morgan fingerprint density at radius 1 is 1.33 bits per heavy atom. The molecule has 1 aromatic rings. The second kappa shape index (κ2) is 7.34. The molecule has 0 spiro atoms. The molecule has 0 saturated carbocycles. The fourth-order valence-electron chi connectivity index (χ4n) is 3.70. The van der Waals surface area contributed by atoms with E-state index in [9.17, 15) is 9.59 Å². The largest absolute Gasteiger partial charge is 0.345 e. The molecule has 2 rings (SSSR count). The van der Waals surface area contributed by atoms with Crippen molar-refractivity contribution < 1.29 is 9.59 Å². The summed E-state index contributed by atoms with van der Waals surface area (Å²) in [5.41, 5.74) is 1.48. The van der Waals surface area contributed by atoms with Gasteiger partial charge >= 0.3 is 0 Å². The van der Waals surface area contributed by atoms with Gasteiger partial charge in [-0.15, -0.1) is 0 Å². The van der Waals surface area contributed by atoms with Crippen molar-refractivity contribution >= 4 is 17.5 Å². The van der Waals surface area contributed by atoms with Crippen molar-refractivity contribution in [3.63, 3.8) is 0 Å². The van der Waals surface area contributed by atoms with E-state index < -0.39 is 0 Å². The Bertz CT molecular complexity index is 610. The zero-order chi connectivity index (χ0) is 17.9. The van der Waals surface area contributed by atoms with Crippen LogP contribution in [0.15, 0.2) is 24.3 Å². The monoisotopic (exact) mass is 331 g/mol. The predicted octanol–water partition coefficient (Wildman–Crippen LogP) is 2.69. The maximum absolute atomic E-state index is 12.4. The van der Waals surface area contributed by atoms with Crippen molar-refractivity contribution in [2.24, 2.45) is 11.3 Å². The fraction of sp³-hybridized carbons (Fsp3) is 0.579. The van der Waals surface area contributed by atoms with Gasteiger partial charge in [0.15, 0.2) is 0 Å². The van der Waals surface area contributed by atoms with Gasteiger partial charge in [0, 0.05) is 38.4 Å². The minimum absolute atomic E-state index is 0.0330. The number of hydrogen-bond acceptors (Lipinski definition) is 3. The summed E-state index contributed by atoms with van der Waals surface area (Å²) in [7, 11) is 3.43. The van der Waals surface area contributed by atoms with E-state index in [2.05, 4.69) is 31.0 Å². The molecule has 1 aliphatic rings. The Kier molecular flexibility index (Phi) is 5.65. The van der Waals surface area contributed by atoms with Crippen LogP contribution < -0.4 is 5.32 Å². The Morgan fingerprint density at radius 2 is 2.04 bits per heavy atom. The third kappa shape index (κ3) is 5.06. The molecule has 1 heterocycles. The molecule has 1 aromatic carbocycles. The summed E-state index contributed by atoms with van der Waals surface area (Å²) in [5.74, 6) is 0.495. The van der Waals surface area contributed by atoms with Crippen LogP contribution in [-0.4, -0.2) is 55.3 Å². The van der Waals surface area contributed by atoms with Gasteiger partial charge in [-0.25, -0.2) is 0 Å². The molecule has 2 amide bonds. The number of anilines is 1. The van der Waals surface area contributed by atoms with E-state index in [0.29, 0.717) is 23.7 Å². The third-order valence-corrected chi connectivity index (χ3v) is 4.29. The molecule has 1 fully saturated rings. The number of benzene rings is 1. The summed E-state index contributed by atoms with van der Waals surface area (Å²) in [6.45, 7) is 9.02. The Labute approximate surface area is 145 Å². The van der Waals surface area contributed by atoms with Crippen molar-refractivity contribution in [1.29, 1.82) is 0 Å². The second-order valence-corrected chi connectivity index (χ2v) is 7.97. The van der Waals surface area contributed by atoms with Gasteiger partial charge in [0.05, 0.1) is 6.54 Å². The highest BCUT2D eigenvalue weighted by Gasteiger charge is 2.31. The molecule has 1 aliphatic heterocycles. The summed E-state index contributed by atoms with van der Waals surface area (Å²) in [6, 6.07) is 7.08. The first kappa shape index (κ1) is 18.5. The van der Waals surface area contributed by atoms with Crippen molar-refractivity contribution in [2.45, 2.75) is 27.2 Å². The highest BCUT2D eigenvalue weighted by atomic mass is 16.2. The Balaban J connectivity index is 1.97. The van der Waals surface area contributed by atoms with Crippen molar-refractivity contribution in [2.75, 3.05) is 39.0 Å². The van der Waals surface area contributed by atoms with Crippen LogP contribution in [0.4, 0.5) is 5.69 Å². The van der Waals surface area contributed by atoms with Gasteiger partial charge in [0.2, 0.25) is 5.91 Å². The summed E-state index contributed by atoms with van der Waals surface area (Å²) in [6.07, 6.45) is 1.19. The van der Waals surface area contributed by atoms with Crippen LogP contribution in [0.2, 0.25) is 0 Å². The number of rotatable bonds is 4. The normalized spacial score (nSPS) is 20.5. The number of nitrogens with zero attached hydrogens (tertiary/aromatic N) is 2. The van der Waals surface area contributed by atoms with Crippen molar-refractivity contribution in [3.05, 3.63) is 29.8 Å². The van der Waals surface area contributed by atoms with Crippen LogP contribution in [0.25, 0.3) is 0 Å². The van der Waals surface area contributed by atoms with Crippen LogP contribution in [0, 0.1) is 11.3 Å². The molecule has 1 atom stereocenters. The zero-order valence-corrected chi connectivity index (χ0v) is 15.4. The van der Waals surface area contributed by atoms with Crippen molar-refractivity contribution in [3.8, 4) is 0 Å². The molecular weight excluding hydrogens is 302 g/mol. The fourth-order valence-corrected chi connectivity index (χ4v) is 3.70. The van der Waals surface area contributed by atoms with E-state index in [1.165, 1.54) is 11.3 Å². The van der Waals surface area contributed by atoms with Gasteiger partial charge in [-0.1, -0.05) is 26.8 Å². The topological polar surface area (TPSA) is 52.7 Å². The molecule has 0 aliphatic carbocycles. The molecule has 1 N–H and O–H groups in total. The van der Waals surface area contributed by atoms with Crippen LogP contribution in [-0.2, 0) is 4.79 Å². The van der Waals surface area contributed by atoms with Crippen LogP contribution >= 0.6 is 0 Å². The average Bonchev–Trinajstić information content (AvgIpc) is 2.44. The van der Waals surface area contributed by atoms with Crippen LogP contribution in [0.1, 0.15) is 37.6 Å². The smallest absolute Gasteiger partial charge is 0.253 e. The number of piperidine rings is 1. The SMILES string of the molecule is CC1CN(CC(=O)Nc2cccc(C(=O)N(C)C)c2)CC(C)(C)C1. The number of amides is 2. The van der Waals surface area contributed by atoms with E-state index >= 15 is 0 Å². The van der Waals surface area contributed by atoms with Gasteiger partial charge in [0.25, 0.3) is 5.91 Å². The van der Waals surface area contributed by atoms with E-state index in [4.69, 9.17) is 0 Å². The van der Waals surface area contributed by atoms with Gasteiger partial charge in [-0.05, 0) is 36.0 Å². The van der Waals surface area contributed by atoms with Gasteiger partial charge in [-0.3, -0.25) is 14.5 Å². The standard InChI is InChI=1S/C19H29N3O2/c1-14-10-19(2,3)13-22(11-14)12-17(23)20-16-8-6-7-15(9-16)18(24)21(4)5/h6-9,14H,10-13H2,1-5H3,(H,20,23). The second-order valence-electron chi connectivity index (χ2n) is 7.97. The first-order valence-corrected chi connectivity index (χ1v) is 8.50. The molecule has 5 nitrogen and oxygen atoms in total. The summed E-state index contributed by atoms with van der Waals surface area (Å²) in [5, 5.41) is 2.91. The number of carbonyl (C=O) groups excluding carboxylic acids is 2. The lowest BCUT2D eigenvalue weighted by Gasteiger charge is -2.41. The first-order valence-electron chi connectivity index (χ1n) is 8.50. The average molecular weight is 331 g/mol. The molecular formula is C19H29N3O2. The first-order chi connectivity index (χ1) is 11.2. The molecule has 1 saturated heterocycles. The maximum Gasteiger partial charge on any atom is 0.253 e. The van der Waals surface area contributed by atoms with E-state index in [-0.39, 0.29) is 17.2 Å². The lowest BCUT2D eigenvalue weighted by molar-refractivity contribution is -0.118. The molecule has 0 bridgehead atoms. The quantitative estimate of drug-likeness (QED) is 0.923. The summed E-state index contributed by atoms with van der Waals surface area (Å²) >= 11 is 0. The van der Waals surface area contributed by atoms with E-state index in [1.807, 2.05) is 6.07 Å². The molecule has 24 heavy (non-hydrogen) atoms. The molecule has 0 aromatic heterocycles. The summed E-state index contributed by atoms with van der Waals surface area (Å²) < 4.78 is 0. The molecule has 5 heteroatoms. The lowest BCUT2D eigenvalue weighted by atomic mass is 9.79. The van der Waals surface area contributed by atoms with Crippen LogP contribution in [0.3, 0.4) is 0 Å².